The van der Waals surface area contributed by atoms with Gasteiger partial charge in [-0.3, -0.25) is 14.4 Å². The first-order valence-electron chi connectivity index (χ1n) is 10.3. The Morgan fingerprint density at radius 1 is 1.10 bits per heavy atom. The SMILES string of the molecule is COC(=O)CNC(=O)[C@H]1N(C(=O)CNC(=O)OC(C)(C)C)[C@H](C(C)C)CCC1(C)C. The van der Waals surface area contributed by atoms with Gasteiger partial charge in [0.2, 0.25) is 11.8 Å². The lowest BCUT2D eigenvalue weighted by atomic mass is 9.72. The summed E-state index contributed by atoms with van der Waals surface area (Å²) in [5.41, 5.74) is -1.19. The highest BCUT2D eigenvalue weighted by atomic mass is 16.6. The summed E-state index contributed by atoms with van der Waals surface area (Å²) in [5, 5.41) is 5.06. The summed E-state index contributed by atoms with van der Waals surface area (Å²) in [6.07, 6.45) is 0.791. The Morgan fingerprint density at radius 2 is 1.70 bits per heavy atom. The molecule has 2 N–H and O–H groups in total. The van der Waals surface area contributed by atoms with E-state index in [2.05, 4.69) is 15.4 Å². The molecule has 9 heteroatoms. The van der Waals surface area contributed by atoms with Crippen LogP contribution >= 0.6 is 0 Å². The van der Waals surface area contributed by atoms with E-state index in [1.807, 2.05) is 27.7 Å². The summed E-state index contributed by atoms with van der Waals surface area (Å²) >= 11 is 0. The van der Waals surface area contributed by atoms with Crippen molar-refractivity contribution in [3.8, 4) is 0 Å². The van der Waals surface area contributed by atoms with Gasteiger partial charge in [0.05, 0.1) is 7.11 Å². The molecule has 0 bridgehead atoms. The minimum atomic E-state index is -0.781. The summed E-state index contributed by atoms with van der Waals surface area (Å²) in [6, 6.07) is -0.948. The number of alkyl carbamates (subject to hydrolysis) is 1. The Bertz CT molecular complexity index is 654. The molecule has 172 valence electrons. The maximum absolute atomic E-state index is 13.2. The standard InChI is InChI=1S/C21H37N3O6/c1-13(2)14-9-10-21(6,7)17(18(27)22-12-16(26)29-8)24(14)15(25)11-23-19(28)30-20(3,4)5/h13-14,17H,9-12H2,1-8H3,(H,22,27)(H,23,28)/t14-,17+/m0/s1. The molecule has 1 aliphatic rings. The van der Waals surface area contributed by atoms with Gasteiger partial charge in [-0.1, -0.05) is 27.7 Å². The summed E-state index contributed by atoms with van der Waals surface area (Å²) in [5.74, 6) is -1.24. The van der Waals surface area contributed by atoms with Crippen LogP contribution in [-0.2, 0) is 23.9 Å². The molecule has 30 heavy (non-hydrogen) atoms. The summed E-state index contributed by atoms with van der Waals surface area (Å²) in [4.78, 5) is 51.2. The molecule has 0 aromatic carbocycles. The fourth-order valence-electron chi connectivity index (χ4n) is 3.71. The van der Waals surface area contributed by atoms with E-state index in [1.165, 1.54) is 7.11 Å². The van der Waals surface area contributed by atoms with Crippen LogP contribution in [0.4, 0.5) is 4.79 Å². The molecular formula is C21H37N3O6. The number of hydrogen-bond acceptors (Lipinski definition) is 6. The van der Waals surface area contributed by atoms with Gasteiger partial charge in [-0.2, -0.15) is 0 Å². The highest BCUT2D eigenvalue weighted by Gasteiger charge is 2.48. The molecule has 1 rings (SSSR count). The van der Waals surface area contributed by atoms with Gasteiger partial charge < -0.3 is 25.0 Å². The van der Waals surface area contributed by atoms with Crippen molar-refractivity contribution in [2.24, 2.45) is 11.3 Å². The lowest BCUT2D eigenvalue weighted by Gasteiger charge is -2.51. The van der Waals surface area contributed by atoms with Crippen LogP contribution in [0.2, 0.25) is 0 Å². The number of likely N-dealkylation sites (tertiary alicyclic amines) is 1. The summed E-state index contributed by atoms with van der Waals surface area (Å²) < 4.78 is 9.77. The van der Waals surface area contributed by atoms with Crippen molar-refractivity contribution in [2.75, 3.05) is 20.2 Å². The maximum Gasteiger partial charge on any atom is 0.408 e. The van der Waals surface area contributed by atoms with Gasteiger partial charge in [0, 0.05) is 6.04 Å². The number of piperidine rings is 1. The van der Waals surface area contributed by atoms with Gasteiger partial charge in [-0.25, -0.2) is 4.79 Å². The van der Waals surface area contributed by atoms with E-state index >= 15 is 0 Å². The third-order valence-electron chi connectivity index (χ3n) is 5.18. The highest BCUT2D eigenvalue weighted by molar-refractivity contribution is 5.92. The van der Waals surface area contributed by atoms with Crippen molar-refractivity contribution in [2.45, 2.75) is 79.0 Å². The smallest absolute Gasteiger partial charge is 0.408 e. The second kappa shape index (κ2) is 10.1. The molecule has 0 aromatic heterocycles. The number of ether oxygens (including phenoxy) is 2. The second-order valence-electron chi connectivity index (χ2n) is 9.69. The predicted octanol–water partition coefficient (Wildman–Crippen LogP) is 1.84. The van der Waals surface area contributed by atoms with Gasteiger partial charge in [0.25, 0.3) is 0 Å². The lowest BCUT2D eigenvalue weighted by molar-refractivity contribution is -0.154. The zero-order valence-electron chi connectivity index (χ0n) is 19.5. The molecule has 0 radical (unpaired) electrons. The van der Waals surface area contributed by atoms with Crippen molar-refractivity contribution in [3.63, 3.8) is 0 Å². The van der Waals surface area contributed by atoms with Crippen molar-refractivity contribution in [3.05, 3.63) is 0 Å². The van der Waals surface area contributed by atoms with Crippen LogP contribution in [-0.4, -0.2) is 66.7 Å². The first-order chi connectivity index (χ1) is 13.7. The molecule has 0 unspecified atom stereocenters. The average molecular weight is 428 g/mol. The maximum atomic E-state index is 13.2. The minimum absolute atomic E-state index is 0.113. The van der Waals surface area contributed by atoms with E-state index < -0.39 is 35.0 Å². The summed E-state index contributed by atoms with van der Waals surface area (Å²) in [7, 11) is 1.24. The number of hydrogen-bond donors (Lipinski definition) is 2. The number of nitrogens with zero attached hydrogens (tertiary/aromatic N) is 1. The normalized spacial score (nSPS) is 21.0. The number of nitrogens with one attached hydrogen (secondary N) is 2. The Kier molecular flexibility index (Phi) is 8.68. The Morgan fingerprint density at radius 3 is 2.20 bits per heavy atom. The first-order valence-corrected chi connectivity index (χ1v) is 10.3. The number of carbonyl (C=O) groups is 4. The molecule has 0 saturated carbocycles. The molecule has 0 spiro atoms. The molecule has 2 atom stereocenters. The minimum Gasteiger partial charge on any atom is -0.468 e. The Hall–Kier alpha value is -2.32. The van der Waals surface area contributed by atoms with Gasteiger partial charge >= 0.3 is 12.1 Å². The number of carbonyl (C=O) groups excluding carboxylic acids is 4. The highest BCUT2D eigenvalue weighted by Crippen LogP contribution is 2.40. The van der Waals surface area contributed by atoms with Crippen LogP contribution in [0, 0.1) is 11.3 Å². The molecule has 1 saturated heterocycles. The van der Waals surface area contributed by atoms with Gasteiger partial charge in [-0.05, 0) is 44.9 Å². The number of rotatable bonds is 6. The first kappa shape index (κ1) is 25.7. The van der Waals surface area contributed by atoms with E-state index in [0.717, 1.165) is 12.8 Å². The fourth-order valence-corrected chi connectivity index (χ4v) is 3.71. The van der Waals surface area contributed by atoms with Crippen LogP contribution in [0.25, 0.3) is 0 Å². The zero-order chi connectivity index (χ0) is 23.3. The van der Waals surface area contributed by atoms with Crippen molar-refractivity contribution in [1.82, 2.24) is 15.5 Å². The second-order valence-corrected chi connectivity index (χ2v) is 9.69. The van der Waals surface area contributed by atoms with Crippen LogP contribution in [0.3, 0.4) is 0 Å². The molecule has 3 amide bonds. The van der Waals surface area contributed by atoms with Crippen molar-refractivity contribution in [1.29, 1.82) is 0 Å². The zero-order valence-corrected chi connectivity index (χ0v) is 19.5. The topological polar surface area (TPSA) is 114 Å². The molecule has 0 aliphatic carbocycles. The molecule has 0 aromatic rings. The van der Waals surface area contributed by atoms with Crippen LogP contribution < -0.4 is 10.6 Å². The summed E-state index contributed by atoms with van der Waals surface area (Å²) in [6.45, 7) is 12.5. The largest absolute Gasteiger partial charge is 0.468 e. The van der Waals surface area contributed by atoms with Gasteiger partial charge in [0.15, 0.2) is 0 Å². The quantitative estimate of drug-likeness (QED) is 0.625. The van der Waals surface area contributed by atoms with Crippen molar-refractivity contribution >= 4 is 23.9 Å². The monoisotopic (exact) mass is 427 g/mol. The molecular weight excluding hydrogens is 390 g/mol. The number of amides is 3. The third kappa shape index (κ3) is 7.18. The van der Waals surface area contributed by atoms with Crippen LogP contribution in [0.1, 0.15) is 61.3 Å². The number of methoxy groups -OCH3 is 1. The Labute approximate surface area is 179 Å². The average Bonchev–Trinajstić information content (AvgIpc) is 2.61. The van der Waals surface area contributed by atoms with Crippen LogP contribution in [0.15, 0.2) is 0 Å². The lowest BCUT2D eigenvalue weighted by Crippen LogP contribution is -2.65. The molecule has 1 fully saturated rings. The van der Waals surface area contributed by atoms with E-state index in [9.17, 15) is 19.2 Å². The van der Waals surface area contributed by atoms with Crippen LogP contribution in [0.5, 0.6) is 0 Å². The predicted molar refractivity (Wildman–Crippen MR) is 112 cm³/mol. The third-order valence-corrected chi connectivity index (χ3v) is 5.18. The van der Waals surface area contributed by atoms with E-state index in [-0.39, 0.29) is 31.0 Å². The van der Waals surface area contributed by atoms with Gasteiger partial charge in [-0.15, -0.1) is 0 Å². The van der Waals surface area contributed by atoms with E-state index in [0.29, 0.717) is 0 Å². The van der Waals surface area contributed by atoms with Gasteiger partial charge in [0.1, 0.15) is 24.7 Å². The molecule has 9 nitrogen and oxygen atoms in total. The Balaban J connectivity index is 3.06. The van der Waals surface area contributed by atoms with E-state index in [4.69, 9.17) is 4.74 Å². The molecule has 1 heterocycles. The molecule has 1 aliphatic heterocycles. The number of esters is 1. The fraction of sp³-hybridized carbons (Fsp3) is 0.810. The van der Waals surface area contributed by atoms with Crippen molar-refractivity contribution < 1.29 is 28.7 Å². The van der Waals surface area contributed by atoms with E-state index in [1.54, 1.807) is 25.7 Å².